The Bertz CT molecular complexity index is 334. The fourth-order valence-electron chi connectivity index (χ4n) is 1.79. The predicted molar refractivity (Wildman–Crippen MR) is 65.4 cm³/mol. The molecular formula is C10H14IN3. The van der Waals surface area contributed by atoms with Gasteiger partial charge in [-0.05, 0) is 29.0 Å². The van der Waals surface area contributed by atoms with Gasteiger partial charge in [0.25, 0.3) is 0 Å². The highest BCUT2D eigenvalue weighted by Gasteiger charge is 2.38. The second-order valence-corrected chi connectivity index (χ2v) is 5.38. The molecule has 2 rings (SSSR count). The maximum absolute atomic E-state index is 4.31. The molecule has 1 aliphatic heterocycles. The molecule has 0 N–H and O–H groups in total. The highest BCUT2D eigenvalue weighted by molar-refractivity contribution is 14.1. The van der Waals surface area contributed by atoms with Crippen LogP contribution in [0, 0.1) is 8.99 Å². The van der Waals surface area contributed by atoms with Crippen LogP contribution in [-0.2, 0) is 0 Å². The van der Waals surface area contributed by atoms with Crippen molar-refractivity contribution < 1.29 is 0 Å². The standard InChI is InChI=1S/C10H14IN3/c1-3-10(2)5-14(6-10)9-8(11)4-12-7-13-9/h4,7H,3,5-6H2,1-2H3. The summed E-state index contributed by atoms with van der Waals surface area (Å²) in [5, 5.41) is 0. The fraction of sp³-hybridized carbons (Fsp3) is 0.600. The Morgan fingerprint density at radius 1 is 1.57 bits per heavy atom. The van der Waals surface area contributed by atoms with E-state index in [0.29, 0.717) is 5.41 Å². The van der Waals surface area contributed by atoms with Crippen LogP contribution in [0.25, 0.3) is 0 Å². The van der Waals surface area contributed by atoms with Crippen LogP contribution in [0.15, 0.2) is 12.5 Å². The van der Waals surface area contributed by atoms with E-state index < -0.39 is 0 Å². The molecule has 3 nitrogen and oxygen atoms in total. The molecule has 0 atom stereocenters. The van der Waals surface area contributed by atoms with Crippen molar-refractivity contribution in [1.29, 1.82) is 0 Å². The number of halogens is 1. The molecule has 0 aliphatic carbocycles. The largest absolute Gasteiger partial charge is 0.354 e. The summed E-state index contributed by atoms with van der Waals surface area (Å²) < 4.78 is 1.14. The van der Waals surface area contributed by atoms with Crippen molar-refractivity contribution in [2.75, 3.05) is 18.0 Å². The van der Waals surface area contributed by atoms with Crippen LogP contribution in [0.5, 0.6) is 0 Å². The summed E-state index contributed by atoms with van der Waals surface area (Å²) in [5.41, 5.74) is 0.494. The van der Waals surface area contributed by atoms with Gasteiger partial charge in [0.1, 0.15) is 12.1 Å². The summed E-state index contributed by atoms with van der Waals surface area (Å²) in [6.07, 6.45) is 4.73. The molecule has 14 heavy (non-hydrogen) atoms. The first-order valence-electron chi connectivity index (χ1n) is 4.85. The lowest BCUT2D eigenvalue weighted by Crippen LogP contribution is -2.55. The SMILES string of the molecule is CCC1(C)CN(c2ncncc2I)C1. The van der Waals surface area contributed by atoms with Crippen molar-refractivity contribution in [2.24, 2.45) is 5.41 Å². The second-order valence-electron chi connectivity index (χ2n) is 4.21. The lowest BCUT2D eigenvalue weighted by molar-refractivity contribution is 0.232. The summed E-state index contributed by atoms with van der Waals surface area (Å²) in [4.78, 5) is 10.6. The Morgan fingerprint density at radius 2 is 2.29 bits per heavy atom. The third-order valence-corrected chi connectivity index (χ3v) is 3.71. The summed E-state index contributed by atoms with van der Waals surface area (Å²) in [6, 6.07) is 0. The molecule has 0 radical (unpaired) electrons. The van der Waals surface area contributed by atoms with Gasteiger partial charge in [-0.25, -0.2) is 9.97 Å². The average molecular weight is 303 g/mol. The Kier molecular flexibility index (Phi) is 2.64. The van der Waals surface area contributed by atoms with Gasteiger partial charge < -0.3 is 4.90 Å². The maximum Gasteiger partial charge on any atom is 0.145 e. The van der Waals surface area contributed by atoms with Gasteiger partial charge >= 0.3 is 0 Å². The second kappa shape index (κ2) is 3.64. The zero-order valence-corrected chi connectivity index (χ0v) is 10.7. The van der Waals surface area contributed by atoms with Gasteiger partial charge in [0.05, 0.1) is 3.57 Å². The maximum atomic E-state index is 4.31. The van der Waals surface area contributed by atoms with Crippen LogP contribution in [0.2, 0.25) is 0 Å². The molecule has 0 amide bonds. The molecule has 76 valence electrons. The number of rotatable bonds is 2. The monoisotopic (exact) mass is 303 g/mol. The molecule has 0 saturated carbocycles. The Hall–Kier alpha value is -0.390. The van der Waals surface area contributed by atoms with Crippen molar-refractivity contribution in [1.82, 2.24) is 9.97 Å². The number of aromatic nitrogens is 2. The van der Waals surface area contributed by atoms with Crippen LogP contribution in [-0.4, -0.2) is 23.1 Å². The van der Waals surface area contributed by atoms with Crippen LogP contribution in [0.3, 0.4) is 0 Å². The molecule has 0 bridgehead atoms. The molecule has 1 aliphatic rings. The third kappa shape index (κ3) is 1.71. The van der Waals surface area contributed by atoms with E-state index in [9.17, 15) is 0 Å². The summed E-state index contributed by atoms with van der Waals surface area (Å²) in [5.74, 6) is 1.09. The molecule has 2 heterocycles. The van der Waals surface area contributed by atoms with Crippen molar-refractivity contribution in [3.63, 3.8) is 0 Å². The number of hydrogen-bond donors (Lipinski definition) is 0. The van der Waals surface area contributed by atoms with Gasteiger partial charge in [0.15, 0.2) is 0 Å². The van der Waals surface area contributed by atoms with E-state index in [1.165, 1.54) is 6.42 Å². The molecular weight excluding hydrogens is 289 g/mol. The van der Waals surface area contributed by atoms with Crippen molar-refractivity contribution in [3.8, 4) is 0 Å². The predicted octanol–water partition coefficient (Wildman–Crippen LogP) is 2.32. The molecule has 1 fully saturated rings. The molecule has 0 aromatic carbocycles. The van der Waals surface area contributed by atoms with E-state index in [4.69, 9.17) is 0 Å². The van der Waals surface area contributed by atoms with Gasteiger partial charge in [0.2, 0.25) is 0 Å². The Morgan fingerprint density at radius 3 is 2.86 bits per heavy atom. The summed E-state index contributed by atoms with van der Waals surface area (Å²) in [6.45, 7) is 6.83. The number of nitrogens with zero attached hydrogens (tertiary/aromatic N) is 3. The first kappa shape index (κ1) is 10.1. The van der Waals surface area contributed by atoms with Crippen molar-refractivity contribution in [3.05, 3.63) is 16.1 Å². The fourth-order valence-corrected chi connectivity index (χ4v) is 2.43. The van der Waals surface area contributed by atoms with Gasteiger partial charge in [-0.1, -0.05) is 13.8 Å². The zero-order valence-electron chi connectivity index (χ0n) is 8.50. The molecule has 1 aromatic rings. The van der Waals surface area contributed by atoms with Gasteiger partial charge in [-0.3, -0.25) is 0 Å². The zero-order chi connectivity index (χ0) is 10.2. The smallest absolute Gasteiger partial charge is 0.145 e. The first-order valence-corrected chi connectivity index (χ1v) is 5.93. The summed E-state index contributed by atoms with van der Waals surface area (Å²) >= 11 is 2.29. The van der Waals surface area contributed by atoms with Gasteiger partial charge in [-0.2, -0.15) is 0 Å². The molecule has 0 unspecified atom stereocenters. The van der Waals surface area contributed by atoms with E-state index >= 15 is 0 Å². The first-order chi connectivity index (χ1) is 6.64. The van der Waals surface area contributed by atoms with Gasteiger partial charge in [-0.15, -0.1) is 0 Å². The third-order valence-electron chi connectivity index (χ3n) is 2.95. The Balaban J connectivity index is 2.10. The highest BCUT2D eigenvalue weighted by Crippen LogP contribution is 2.36. The van der Waals surface area contributed by atoms with Crippen LogP contribution < -0.4 is 4.90 Å². The Labute approximate surface area is 98.1 Å². The average Bonchev–Trinajstić information content (AvgIpc) is 2.14. The van der Waals surface area contributed by atoms with E-state index in [2.05, 4.69) is 51.3 Å². The van der Waals surface area contributed by atoms with E-state index in [1.54, 1.807) is 6.33 Å². The van der Waals surface area contributed by atoms with Crippen molar-refractivity contribution >= 4 is 28.4 Å². The molecule has 1 aromatic heterocycles. The van der Waals surface area contributed by atoms with Gasteiger partial charge in [0, 0.05) is 24.7 Å². The van der Waals surface area contributed by atoms with Crippen LogP contribution in [0.4, 0.5) is 5.82 Å². The van der Waals surface area contributed by atoms with Crippen LogP contribution >= 0.6 is 22.6 Å². The lowest BCUT2D eigenvalue weighted by atomic mass is 9.79. The number of anilines is 1. The van der Waals surface area contributed by atoms with Crippen molar-refractivity contribution in [2.45, 2.75) is 20.3 Å². The van der Waals surface area contributed by atoms with E-state index in [0.717, 1.165) is 22.5 Å². The minimum atomic E-state index is 0.494. The highest BCUT2D eigenvalue weighted by atomic mass is 127. The lowest BCUT2D eigenvalue weighted by Gasteiger charge is -2.48. The summed E-state index contributed by atoms with van der Waals surface area (Å²) in [7, 11) is 0. The number of hydrogen-bond acceptors (Lipinski definition) is 3. The molecule has 4 heteroatoms. The quantitative estimate of drug-likeness (QED) is 0.785. The minimum absolute atomic E-state index is 0.494. The van der Waals surface area contributed by atoms with Crippen LogP contribution in [0.1, 0.15) is 20.3 Å². The van der Waals surface area contributed by atoms with E-state index in [-0.39, 0.29) is 0 Å². The molecule has 1 saturated heterocycles. The topological polar surface area (TPSA) is 29.0 Å². The normalized spacial score (nSPS) is 19.2. The minimum Gasteiger partial charge on any atom is -0.354 e. The van der Waals surface area contributed by atoms with E-state index in [1.807, 2.05) is 6.20 Å². The molecule has 0 spiro atoms.